The minimum Gasteiger partial charge on any atom is -0.477 e. The summed E-state index contributed by atoms with van der Waals surface area (Å²) in [5.74, 6) is -1.24. The monoisotopic (exact) mass is 295 g/mol. The molecular formula is C16H13N3O3. The van der Waals surface area contributed by atoms with E-state index in [0.717, 1.165) is 11.1 Å². The molecule has 0 fully saturated rings. The Morgan fingerprint density at radius 2 is 2.05 bits per heavy atom. The number of aryl methyl sites for hydroxylation is 1. The first kappa shape index (κ1) is 13.9. The van der Waals surface area contributed by atoms with Gasteiger partial charge in [0, 0.05) is 31.3 Å². The van der Waals surface area contributed by atoms with Crippen LogP contribution in [0.25, 0.3) is 11.0 Å². The zero-order valence-electron chi connectivity index (χ0n) is 11.9. The maximum atomic E-state index is 12.3. The largest absolute Gasteiger partial charge is 0.477 e. The van der Waals surface area contributed by atoms with Crippen LogP contribution in [0.2, 0.25) is 0 Å². The molecule has 0 unspecified atom stereocenters. The summed E-state index contributed by atoms with van der Waals surface area (Å²) in [7, 11) is 0. The van der Waals surface area contributed by atoms with Gasteiger partial charge >= 0.3 is 5.97 Å². The molecule has 3 heterocycles. The Balaban J connectivity index is 2.26. The second-order valence-corrected chi connectivity index (χ2v) is 5.04. The topological polar surface area (TPSA) is 85.1 Å². The van der Waals surface area contributed by atoms with E-state index in [4.69, 9.17) is 0 Å². The highest BCUT2D eigenvalue weighted by Gasteiger charge is 2.15. The third-order valence-electron chi connectivity index (χ3n) is 3.38. The molecule has 0 aromatic carbocycles. The van der Waals surface area contributed by atoms with Gasteiger partial charge in [0.1, 0.15) is 11.2 Å². The van der Waals surface area contributed by atoms with Crippen LogP contribution in [0.4, 0.5) is 0 Å². The lowest BCUT2D eigenvalue weighted by molar-refractivity contribution is 0.0695. The summed E-state index contributed by atoms with van der Waals surface area (Å²) in [6.45, 7) is 2.22. The zero-order valence-corrected chi connectivity index (χ0v) is 11.9. The van der Waals surface area contributed by atoms with E-state index < -0.39 is 11.4 Å². The molecule has 3 aromatic rings. The normalized spacial score (nSPS) is 10.8. The maximum absolute atomic E-state index is 12.3. The van der Waals surface area contributed by atoms with Gasteiger partial charge in [-0.2, -0.15) is 0 Å². The van der Waals surface area contributed by atoms with Gasteiger partial charge in [-0.3, -0.25) is 9.78 Å². The van der Waals surface area contributed by atoms with E-state index in [1.807, 2.05) is 19.1 Å². The first-order valence-electron chi connectivity index (χ1n) is 6.68. The second-order valence-electron chi connectivity index (χ2n) is 5.04. The van der Waals surface area contributed by atoms with Crippen molar-refractivity contribution in [3.05, 3.63) is 69.9 Å². The summed E-state index contributed by atoms with van der Waals surface area (Å²) < 4.78 is 1.68. The van der Waals surface area contributed by atoms with Crippen LogP contribution < -0.4 is 5.43 Å². The standard InChI is InChI=1S/C16H13N3O3/c1-10-6-12-14(20)13(16(21)22)9-19(15(12)18-7-10)8-11-2-4-17-5-3-11/h2-7,9H,8H2,1H3,(H,21,22). The Morgan fingerprint density at radius 3 is 2.73 bits per heavy atom. The fourth-order valence-electron chi connectivity index (χ4n) is 2.34. The number of carboxylic acid groups (broad SMARTS) is 1. The number of aromatic carboxylic acids is 1. The van der Waals surface area contributed by atoms with Crippen LogP contribution in [-0.2, 0) is 6.54 Å². The molecule has 6 heteroatoms. The Kier molecular flexibility index (Phi) is 3.42. The number of hydrogen-bond donors (Lipinski definition) is 1. The van der Waals surface area contributed by atoms with Crippen molar-refractivity contribution in [2.24, 2.45) is 0 Å². The summed E-state index contributed by atoms with van der Waals surface area (Å²) in [4.78, 5) is 31.8. The van der Waals surface area contributed by atoms with Gasteiger partial charge in [0.15, 0.2) is 0 Å². The number of fused-ring (bicyclic) bond motifs is 1. The van der Waals surface area contributed by atoms with Crippen molar-refractivity contribution in [1.82, 2.24) is 14.5 Å². The van der Waals surface area contributed by atoms with Crippen molar-refractivity contribution in [1.29, 1.82) is 0 Å². The van der Waals surface area contributed by atoms with Gasteiger partial charge in [0.05, 0.1) is 5.39 Å². The van der Waals surface area contributed by atoms with Gasteiger partial charge in [-0.15, -0.1) is 0 Å². The Bertz CT molecular complexity index is 917. The third-order valence-corrected chi connectivity index (χ3v) is 3.38. The number of nitrogens with zero attached hydrogens (tertiary/aromatic N) is 3. The third kappa shape index (κ3) is 2.46. The minimum absolute atomic E-state index is 0.256. The molecule has 0 bridgehead atoms. The summed E-state index contributed by atoms with van der Waals surface area (Å²) in [6, 6.07) is 5.33. The van der Waals surface area contributed by atoms with Crippen LogP contribution in [0.15, 0.2) is 47.8 Å². The lowest BCUT2D eigenvalue weighted by Gasteiger charge is -2.11. The van der Waals surface area contributed by atoms with Crippen LogP contribution in [0.3, 0.4) is 0 Å². The van der Waals surface area contributed by atoms with Crippen molar-refractivity contribution in [3.63, 3.8) is 0 Å². The van der Waals surface area contributed by atoms with Crippen molar-refractivity contribution < 1.29 is 9.90 Å². The van der Waals surface area contributed by atoms with Gasteiger partial charge in [0.25, 0.3) is 0 Å². The van der Waals surface area contributed by atoms with Gasteiger partial charge < -0.3 is 9.67 Å². The fourth-order valence-corrected chi connectivity index (χ4v) is 2.34. The summed E-state index contributed by atoms with van der Waals surface area (Å²) in [5, 5.41) is 9.56. The van der Waals surface area contributed by atoms with E-state index in [1.165, 1.54) is 6.20 Å². The smallest absolute Gasteiger partial charge is 0.341 e. The predicted octanol–water partition coefficient (Wildman–Crippen LogP) is 1.85. The second kappa shape index (κ2) is 5.40. The SMILES string of the molecule is Cc1cnc2c(c1)c(=O)c(C(=O)O)cn2Cc1ccncc1. The van der Waals surface area contributed by atoms with Crippen molar-refractivity contribution >= 4 is 17.0 Å². The quantitative estimate of drug-likeness (QED) is 0.797. The molecule has 3 rings (SSSR count). The Morgan fingerprint density at radius 1 is 1.32 bits per heavy atom. The summed E-state index contributed by atoms with van der Waals surface area (Å²) in [6.07, 6.45) is 6.33. The van der Waals surface area contributed by atoms with E-state index in [0.29, 0.717) is 17.6 Å². The summed E-state index contributed by atoms with van der Waals surface area (Å²) >= 11 is 0. The Labute approximate surface area is 125 Å². The molecular weight excluding hydrogens is 282 g/mol. The van der Waals surface area contributed by atoms with Crippen LogP contribution in [0.1, 0.15) is 21.5 Å². The Hall–Kier alpha value is -3.02. The van der Waals surface area contributed by atoms with E-state index in [-0.39, 0.29) is 5.56 Å². The molecule has 6 nitrogen and oxygen atoms in total. The lowest BCUT2D eigenvalue weighted by atomic mass is 10.1. The van der Waals surface area contributed by atoms with E-state index in [1.54, 1.807) is 29.2 Å². The predicted molar refractivity (Wildman–Crippen MR) is 81.0 cm³/mol. The molecule has 0 radical (unpaired) electrons. The van der Waals surface area contributed by atoms with E-state index in [9.17, 15) is 14.7 Å². The van der Waals surface area contributed by atoms with Crippen molar-refractivity contribution in [2.45, 2.75) is 13.5 Å². The minimum atomic E-state index is -1.24. The van der Waals surface area contributed by atoms with Crippen LogP contribution in [0.5, 0.6) is 0 Å². The number of carboxylic acids is 1. The summed E-state index contributed by atoms with van der Waals surface area (Å²) in [5.41, 5.74) is 1.46. The molecule has 1 N–H and O–H groups in total. The molecule has 0 amide bonds. The van der Waals surface area contributed by atoms with Gasteiger partial charge in [-0.05, 0) is 36.2 Å². The first-order chi connectivity index (χ1) is 10.6. The number of hydrogen-bond acceptors (Lipinski definition) is 4. The maximum Gasteiger partial charge on any atom is 0.341 e. The zero-order chi connectivity index (χ0) is 15.7. The van der Waals surface area contributed by atoms with Gasteiger partial charge in [-0.25, -0.2) is 9.78 Å². The molecule has 0 aliphatic carbocycles. The fraction of sp³-hybridized carbons (Fsp3) is 0.125. The van der Waals surface area contributed by atoms with E-state index in [2.05, 4.69) is 9.97 Å². The molecule has 110 valence electrons. The highest BCUT2D eigenvalue weighted by Crippen LogP contribution is 2.13. The first-order valence-corrected chi connectivity index (χ1v) is 6.68. The lowest BCUT2D eigenvalue weighted by Crippen LogP contribution is -2.20. The molecule has 0 aliphatic rings. The van der Waals surface area contributed by atoms with Gasteiger partial charge in [-0.1, -0.05) is 0 Å². The number of pyridine rings is 3. The molecule has 0 atom stereocenters. The molecule has 0 saturated carbocycles. The molecule has 0 aliphatic heterocycles. The molecule has 22 heavy (non-hydrogen) atoms. The van der Waals surface area contributed by atoms with Crippen LogP contribution >= 0.6 is 0 Å². The highest BCUT2D eigenvalue weighted by molar-refractivity contribution is 5.91. The number of rotatable bonds is 3. The van der Waals surface area contributed by atoms with Crippen molar-refractivity contribution in [3.8, 4) is 0 Å². The highest BCUT2D eigenvalue weighted by atomic mass is 16.4. The molecule has 0 saturated heterocycles. The van der Waals surface area contributed by atoms with Crippen LogP contribution in [-0.4, -0.2) is 25.6 Å². The average molecular weight is 295 g/mol. The number of aromatic nitrogens is 3. The molecule has 0 spiro atoms. The average Bonchev–Trinajstić information content (AvgIpc) is 2.51. The number of carbonyl (C=O) groups is 1. The van der Waals surface area contributed by atoms with E-state index >= 15 is 0 Å². The van der Waals surface area contributed by atoms with Crippen molar-refractivity contribution in [2.75, 3.05) is 0 Å². The van der Waals surface area contributed by atoms with Gasteiger partial charge in [0.2, 0.25) is 5.43 Å². The van der Waals surface area contributed by atoms with Crippen LogP contribution in [0, 0.1) is 6.92 Å². The molecule has 3 aromatic heterocycles.